The van der Waals surface area contributed by atoms with Crippen molar-refractivity contribution in [1.82, 2.24) is 15.0 Å². The second kappa shape index (κ2) is 8.70. The molecule has 1 aromatic heterocycles. The fraction of sp³-hybridized carbons (Fsp3) is 0.0909. The van der Waals surface area contributed by atoms with E-state index in [1.807, 2.05) is 60.7 Å². The maximum absolute atomic E-state index is 12.9. The van der Waals surface area contributed by atoms with Crippen molar-refractivity contribution in [3.63, 3.8) is 0 Å². The molecule has 3 aromatic carbocycles. The predicted octanol–water partition coefficient (Wildman–Crippen LogP) is 3.83. The number of benzene rings is 3. The van der Waals surface area contributed by atoms with Crippen LogP contribution < -0.4 is 5.56 Å². The first-order valence-corrected chi connectivity index (χ1v) is 9.86. The van der Waals surface area contributed by atoms with E-state index in [2.05, 4.69) is 10.3 Å². The van der Waals surface area contributed by atoms with E-state index in [0.717, 1.165) is 15.1 Å². The average Bonchev–Trinajstić information content (AvgIpc) is 2.78. The molecule has 4 aromatic rings. The van der Waals surface area contributed by atoms with Gasteiger partial charge in [-0.1, -0.05) is 65.9 Å². The van der Waals surface area contributed by atoms with Crippen molar-refractivity contribution >= 4 is 28.6 Å². The van der Waals surface area contributed by atoms with E-state index < -0.39 is 11.2 Å². The minimum atomic E-state index is -0.567. The molecule has 0 aliphatic heterocycles. The fourth-order valence-electron chi connectivity index (χ4n) is 2.82. The number of hydrogen-bond donors (Lipinski definition) is 0. The van der Waals surface area contributed by atoms with Crippen LogP contribution in [0.4, 0.5) is 0 Å². The summed E-state index contributed by atoms with van der Waals surface area (Å²) >= 11 is 1.39. The second-order valence-electron chi connectivity index (χ2n) is 6.23. The number of nitrogens with zero attached hydrogens (tertiary/aromatic N) is 3. The molecule has 0 saturated carbocycles. The summed E-state index contributed by atoms with van der Waals surface area (Å²) in [7, 11) is 0. The van der Waals surface area contributed by atoms with Crippen LogP contribution in [0.5, 0.6) is 0 Å². The molecule has 1 heterocycles. The molecule has 6 nitrogen and oxygen atoms in total. The zero-order valence-electron chi connectivity index (χ0n) is 15.3. The standard InChI is InChI=1S/C22H17N3O3S/c26-21-18-13-7-8-14-19(18)23-24-25(21)15-28-22(27)20(16-9-3-1-4-10-16)29-17-11-5-2-6-12-17/h1-14,20H,15H2/t20-/m1/s1. The maximum Gasteiger partial charge on any atom is 0.325 e. The van der Waals surface area contributed by atoms with E-state index in [1.54, 1.807) is 24.3 Å². The molecule has 29 heavy (non-hydrogen) atoms. The van der Waals surface area contributed by atoms with E-state index >= 15 is 0 Å². The number of aromatic nitrogens is 3. The third-order valence-corrected chi connectivity index (χ3v) is 5.52. The van der Waals surface area contributed by atoms with Crippen LogP contribution in [-0.4, -0.2) is 21.0 Å². The Morgan fingerprint density at radius 3 is 2.34 bits per heavy atom. The lowest BCUT2D eigenvalue weighted by Gasteiger charge is -2.16. The van der Waals surface area contributed by atoms with Crippen LogP contribution in [0.2, 0.25) is 0 Å². The predicted molar refractivity (Wildman–Crippen MR) is 111 cm³/mol. The van der Waals surface area contributed by atoms with Crippen LogP contribution >= 0.6 is 11.8 Å². The molecule has 0 spiro atoms. The van der Waals surface area contributed by atoms with Crippen molar-refractivity contribution in [2.75, 3.05) is 0 Å². The van der Waals surface area contributed by atoms with Crippen molar-refractivity contribution in [3.8, 4) is 0 Å². The van der Waals surface area contributed by atoms with Gasteiger partial charge in [0.1, 0.15) is 10.8 Å². The zero-order valence-corrected chi connectivity index (χ0v) is 16.2. The Morgan fingerprint density at radius 1 is 0.931 bits per heavy atom. The van der Waals surface area contributed by atoms with Gasteiger partial charge in [0.25, 0.3) is 5.56 Å². The maximum atomic E-state index is 12.9. The van der Waals surface area contributed by atoms with E-state index in [4.69, 9.17) is 4.74 Å². The van der Waals surface area contributed by atoms with Gasteiger partial charge in [-0.3, -0.25) is 9.59 Å². The normalized spacial score (nSPS) is 11.9. The number of carbonyl (C=O) groups excluding carboxylic acids is 1. The number of hydrogen-bond acceptors (Lipinski definition) is 6. The summed E-state index contributed by atoms with van der Waals surface area (Å²) in [5.41, 5.74) is 0.973. The Balaban J connectivity index is 1.55. The first kappa shape index (κ1) is 18.9. The Labute approximate surface area is 171 Å². The molecule has 0 fully saturated rings. The van der Waals surface area contributed by atoms with Crippen LogP contribution in [0.1, 0.15) is 10.8 Å². The van der Waals surface area contributed by atoms with E-state index in [1.165, 1.54) is 11.8 Å². The van der Waals surface area contributed by atoms with Crippen molar-refractivity contribution in [2.45, 2.75) is 16.9 Å². The lowest BCUT2D eigenvalue weighted by molar-refractivity contribution is -0.147. The van der Waals surface area contributed by atoms with E-state index in [0.29, 0.717) is 10.9 Å². The highest BCUT2D eigenvalue weighted by Gasteiger charge is 2.24. The third kappa shape index (κ3) is 4.35. The van der Waals surface area contributed by atoms with Crippen LogP contribution in [0.3, 0.4) is 0 Å². The highest BCUT2D eigenvalue weighted by Crippen LogP contribution is 2.36. The molecule has 0 unspecified atom stereocenters. The molecule has 0 bridgehead atoms. The van der Waals surface area contributed by atoms with Crippen molar-refractivity contribution < 1.29 is 9.53 Å². The van der Waals surface area contributed by atoms with Crippen LogP contribution in [-0.2, 0) is 16.3 Å². The summed E-state index contributed by atoms with van der Waals surface area (Å²) in [5.74, 6) is -0.452. The summed E-state index contributed by atoms with van der Waals surface area (Å²) in [6, 6.07) is 25.9. The Hall–Kier alpha value is -3.45. The first-order chi connectivity index (χ1) is 14.2. The molecule has 0 aliphatic carbocycles. The molecule has 0 N–H and O–H groups in total. The summed E-state index contributed by atoms with van der Waals surface area (Å²) in [4.78, 5) is 26.4. The molecule has 7 heteroatoms. The van der Waals surface area contributed by atoms with Crippen molar-refractivity contribution in [3.05, 3.63) is 101 Å². The summed E-state index contributed by atoms with van der Waals surface area (Å²) in [5, 5.41) is 7.73. The smallest absolute Gasteiger partial charge is 0.325 e. The number of ether oxygens (including phenoxy) is 1. The first-order valence-electron chi connectivity index (χ1n) is 8.98. The van der Waals surface area contributed by atoms with Gasteiger partial charge in [0.15, 0.2) is 6.73 Å². The number of esters is 1. The zero-order chi connectivity index (χ0) is 20.1. The summed E-state index contributed by atoms with van der Waals surface area (Å²) in [6.07, 6.45) is 0. The molecule has 1 atom stereocenters. The molecule has 144 valence electrons. The van der Waals surface area contributed by atoms with Gasteiger partial charge in [-0.05, 0) is 29.8 Å². The Bertz CT molecular complexity index is 1180. The van der Waals surface area contributed by atoms with Gasteiger partial charge in [0.05, 0.1) is 5.39 Å². The Morgan fingerprint density at radius 2 is 1.59 bits per heavy atom. The summed E-state index contributed by atoms with van der Waals surface area (Å²) in [6.45, 7) is -0.297. The fourth-order valence-corrected chi connectivity index (χ4v) is 3.87. The monoisotopic (exact) mass is 403 g/mol. The van der Waals surface area contributed by atoms with Gasteiger partial charge < -0.3 is 4.74 Å². The van der Waals surface area contributed by atoms with Gasteiger partial charge in [-0.2, -0.15) is 4.68 Å². The van der Waals surface area contributed by atoms with Crippen LogP contribution in [0.15, 0.2) is 94.6 Å². The largest absolute Gasteiger partial charge is 0.441 e. The van der Waals surface area contributed by atoms with Crippen molar-refractivity contribution in [2.24, 2.45) is 0 Å². The van der Waals surface area contributed by atoms with E-state index in [9.17, 15) is 9.59 Å². The number of rotatable bonds is 6. The minimum Gasteiger partial charge on any atom is -0.441 e. The van der Waals surface area contributed by atoms with Gasteiger partial charge >= 0.3 is 5.97 Å². The third-order valence-electron chi connectivity index (χ3n) is 4.27. The quantitative estimate of drug-likeness (QED) is 0.360. The molecule has 0 saturated heterocycles. The van der Waals surface area contributed by atoms with Crippen molar-refractivity contribution in [1.29, 1.82) is 0 Å². The lowest BCUT2D eigenvalue weighted by Crippen LogP contribution is -2.27. The van der Waals surface area contributed by atoms with Crippen LogP contribution in [0.25, 0.3) is 10.9 Å². The number of thioether (sulfide) groups is 1. The second-order valence-corrected chi connectivity index (χ2v) is 7.40. The SMILES string of the molecule is O=C(OCn1nnc2ccccc2c1=O)[C@H](Sc1ccccc1)c1ccccc1. The van der Waals surface area contributed by atoms with Gasteiger partial charge in [-0.25, -0.2) is 0 Å². The highest BCUT2D eigenvalue weighted by molar-refractivity contribution is 8.00. The van der Waals surface area contributed by atoms with Gasteiger partial charge in [0, 0.05) is 4.90 Å². The molecular formula is C22H17N3O3S. The van der Waals surface area contributed by atoms with E-state index in [-0.39, 0.29) is 12.3 Å². The molecule has 0 aliphatic rings. The summed E-state index contributed by atoms with van der Waals surface area (Å²) < 4.78 is 6.50. The number of fused-ring (bicyclic) bond motifs is 1. The van der Waals surface area contributed by atoms with Gasteiger partial charge in [0.2, 0.25) is 0 Å². The molecule has 0 radical (unpaired) electrons. The Kier molecular flexibility index (Phi) is 5.67. The lowest BCUT2D eigenvalue weighted by atomic mass is 10.1. The minimum absolute atomic E-state index is 0.297. The molecule has 4 rings (SSSR count). The van der Waals surface area contributed by atoms with Gasteiger partial charge in [-0.15, -0.1) is 16.9 Å². The number of carbonyl (C=O) groups is 1. The topological polar surface area (TPSA) is 74.1 Å². The highest BCUT2D eigenvalue weighted by atomic mass is 32.2. The van der Waals surface area contributed by atoms with Crippen LogP contribution in [0, 0.1) is 0 Å². The average molecular weight is 403 g/mol. The molecular weight excluding hydrogens is 386 g/mol. The molecule has 0 amide bonds.